The molecule has 0 aliphatic carbocycles. The average Bonchev–Trinajstić information content (AvgIpc) is 3.50. The van der Waals surface area contributed by atoms with E-state index in [1.807, 2.05) is 51.1 Å². The SMILES string of the molecule is CCCCCOc1ccc(C2c3c(oc4cc(C)c(C)cc4c3=O)C(=O)N2c2nnc(CC)s2)cc1OC. The largest absolute Gasteiger partial charge is 0.493 e. The first kappa shape index (κ1) is 25.9. The van der Waals surface area contributed by atoms with E-state index in [1.165, 1.54) is 16.2 Å². The molecule has 3 heterocycles. The molecule has 0 radical (unpaired) electrons. The summed E-state index contributed by atoms with van der Waals surface area (Å²) in [7, 11) is 1.58. The quantitative estimate of drug-likeness (QED) is 0.238. The molecule has 198 valence electrons. The minimum Gasteiger partial charge on any atom is -0.493 e. The number of aromatic nitrogens is 2. The third-order valence-electron chi connectivity index (χ3n) is 6.96. The number of hydrogen-bond donors (Lipinski definition) is 0. The number of unbranched alkanes of at least 4 members (excludes halogenated alkanes) is 2. The fraction of sp³-hybridized carbons (Fsp3) is 0.379. The van der Waals surface area contributed by atoms with E-state index in [0.717, 1.165) is 35.4 Å². The number of methoxy groups -OCH3 is 1. The predicted octanol–water partition coefficient (Wildman–Crippen LogP) is 6.15. The van der Waals surface area contributed by atoms with Gasteiger partial charge >= 0.3 is 0 Å². The molecule has 9 heteroatoms. The van der Waals surface area contributed by atoms with Crippen LogP contribution in [0.4, 0.5) is 5.13 Å². The van der Waals surface area contributed by atoms with E-state index in [9.17, 15) is 9.59 Å². The molecule has 38 heavy (non-hydrogen) atoms. The molecule has 0 saturated heterocycles. The number of carbonyl (C=O) groups is 1. The van der Waals surface area contributed by atoms with Gasteiger partial charge in [0, 0.05) is 0 Å². The van der Waals surface area contributed by atoms with Crippen LogP contribution < -0.4 is 19.8 Å². The van der Waals surface area contributed by atoms with Gasteiger partial charge in [0.05, 0.1) is 30.7 Å². The summed E-state index contributed by atoms with van der Waals surface area (Å²) in [6, 6.07) is 8.40. The summed E-state index contributed by atoms with van der Waals surface area (Å²) in [5.74, 6) is 0.759. The van der Waals surface area contributed by atoms with Crippen molar-refractivity contribution in [2.45, 2.75) is 59.4 Å². The molecule has 8 nitrogen and oxygen atoms in total. The van der Waals surface area contributed by atoms with Crippen LogP contribution in [-0.2, 0) is 6.42 Å². The smallest absolute Gasteiger partial charge is 0.297 e. The van der Waals surface area contributed by atoms with Crippen LogP contribution in [0.2, 0.25) is 0 Å². The van der Waals surface area contributed by atoms with Gasteiger partial charge in [0.15, 0.2) is 16.9 Å². The molecule has 0 fully saturated rings. The van der Waals surface area contributed by atoms with Gasteiger partial charge in [0.25, 0.3) is 5.91 Å². The van der Waals surface area contributed by atoms with Crippen LogP contribution in [0.5, 0.6) is 11.5 Å². The van der Waals surface area contributed by atoms with Gasteiger partial charge in [-0.15, -0.1) is 10.2 Å². The summed E-state index contributed by atoms with van der Waals surface area (Å²) in [5, 5.41) is 10.2. The van der Waals surface area contributed by atoms with E-state index in [1.54, 1.807) is 7.11 Å². The molecule has 4 aromatic rings. The highest BCUT2D eigenvalue weighted by molar-refractivity contribution is 7.15. The van der Waals surface area contributed by atoms with Gasteiger partial charge in [-0.2, -0.15) is 0 Å². The van der Waals surface area contributed by atoms with Crippen molar-refractivity contribution in [1.29, 1.82) is 0 Å². The summed E-state index contributed by atoms with van der Waals surface area (Å²) >= 11 is 1.33. The molecular weight excluding hydrogens is 502 g/mol. The van der Waals surface area contributed by atoms with Crippen molar-refractivity contribution in [1.82, 2.24) is 10.2 Å². The molecule has 1 unspecified atom stereocenters. The highest BCUT2D eigenvalue weighted by atomic mass is 32.1. The van der Waals surface area contributed by atoms with Crippen LogP contribution in [0, 0.1) is 13.8 Å². The van der Waals surface area contributed by atoms with Crippen LogP contribution in [0.3, 0.4) is 0 Å². The number of benzene rings is 2. The standard InChI is InChI=1S/C29H31N3O5S/c1-6-8-9-12-36-20-11-10-18(15-22(20)35-5)25-24-26(33)19-13-16(3)17(4)14-21(19)37-27(24)28(34)32(25)29-31-30-23(7-2)38-29/h10-11,13-15,25H,6-9,12H2,1-5H3. The Morgan fingerprint density at radius 3 is 2.53 bits per heavy atom. The average molecular weight is 534 g/mol. The number of nitrogens with zero attached hydrogens (tertiary/aromatic N) is 3. The Morgan fingerprint density at radius 2 is 1.82 bits per heavy atom. The Labute approximate surface area is 225 Å². The van der Waals surface area contributed by atoms with Crippen molar-refractivity contribution in [3.05, 3.63) is 73.6 Å². The van der Waals surface area contributed by atoms with Crippen LogP contribution in [0.1, 0.15) is 77.0 Å². The third kappa shape index (κ3) is 4.45. The monoisotopic (exact) mass is 533 g/mol. The van der Waals surface area contributed by atoms with Gasteiger partial charge in [-0.25, -0.2) is 0 Å². The van der Waals surface area contributed by atoms with Gasteiger partial charge in [-0.3, -0.25) is 14.5 Å². The maximum Gasteiger partial charge on any atom is 0.297 e. The molecule has 1 aliphatic rings. The van der Waals surface area contributed by atoms with Crippen molar-refractivity contribution in [3.8, 4) is 11.5 Å². The van der Waals surface area contributed by atoms with Gasteiger partial charge in [-0.05, 0) is 67.6 Å². The number of ether oxygens (including phenoxy) is 2. The Bertz CT molecular complexity index is 1570. The van der Waals surface area contributed by atoms with E-state index in [0.29, 0.717) is 46.2 Å². The zero-order chi connectivity index (χ0) is 27.0. The minimum atomic E-state index is -0.750. The summed E-state index contributed by atoms with van der Waals surface area (Å²) in [6.07, 6.45) is 3.82. The number of fused-ring (bicyclic) bond motifs is 2. The lowest BCUT2D eigenvalue weighted by Gasteiger charge is -2.23. The lowest BCUT2D eigenvalue weighted by atomic mass is 9.97. The van der Waals surface area contributed by atoms with E-state index < -0.39 is 11.9 Å². The van der Waals surface area contributed by atoms with Crippen LogP contribution in [0.15, 0.2) is 39.5 Å². The summed E-state index contributed by atoms with van der Waals surface area (Å²) < 4.78 is 17.8. The van der Waals surface area contributed by atoms with Crippen molar-refractivity contribution in [3.63, 3.8) is 0 Å². The Morgan fingerprint density at radius 1 is 1.03 bits per heavy atom. The molecule has 1 amide bonds. The van der Waals surface area contributed by atoms with Crippen molar-refractivity contribution in [2.75, 3.05) is 18.6 Å². The molecule has 0 N–H and O–H groups in total. The van der Waals surface area contributed by atoms with Crippen molar-refractivity contribution < 1.29 is 18.7 Å². The number of amides is 1. The van der Waals surface area contributed by atoms with Gasteiger partial charge in [0.2, 0.25) is 10.9 Å². The second-order valence-corrected chi connectivity index (χ2v) is 10.5. The van der Waals surface area contributed by atoms with Gasteiger partial charge in [-0.1, -0.05) is 44.1 Å². The number of hydrogen-bond acceptors (Lipinski definition) is 8. The molecule has 1 atom stereocenters. The normalized spacial score (nSPS) is 14.8. The van der Waals surface area contributed by atoms with E-state index >= 15 is 0 Å². The first-order chi connectivity index (χ1) is 18.4. The number of carbonyl (C=O) groups excluding carboxylic acids is 1. The third-order valence-corrected chi connectivity index (χ3v) is 8.03. The summed E-state index contributed by atoms with van der Waals surface area (Å²) in [4.78, 5) is 29.3. The predicted molar refractivity (Wildman–Crippen MR) is 148 cm³/mol. The fourth-order valence-corrected chi connectivity index (χ4v) is 5.54. The maximum absolute atomic E-state index is 13.9. The lowest BCUT2D eigenvalue weighted by Crippen LogP contribution is -2.29. The molecule has 2 aromatic heterocycles. The van der Waals surface area contributed by atoms with E-state index in [4.69, 9.17) is 13.9 Å². The fourth-order valence-electron chi connectivity index (χ4n) is 4.73. The highest BCUT2D eigenvalue weighted by Crippen LogP contribution is 2.44. The first-order valence-electron chi connectivity index (χ1n) is 12.9. The van der Waals surface area contributed by atoms with Crippen LogP contribution >= 0.6 is 11.3 Å². The van der Waals surface area contributed by atoms with Gasteiger partial charge < -0.3 is 13.9 Å². The van der Waals surface area contributed by atoms with Crippen LogP contribution in [-0.4, -0.2) is 29.8 Å². The Balaban J connectivity index is 1.68. The summed E-state index contributed by atoms with van der Waals surface area (Å²) in [5.41, 5.74) is 3.10. The maximum atomic E-state index is 13.9. The highest BCUT2D eigenvalue weighted by Gasteiger charge is 2.45. The molecule has 5 rings (SSSR count). The number of rotatable bonds is 9. The van der Waals surface area contributed by atoms with Gasteiger partial charge in [0.1, 0.15) is 10.6 Å². The second kappa shape index (κ2) is 10.6. The molecule has 2 aromatic carbocycles. The molecule has 0 saturated carbocycles. The Kier molecular flexibility index (Phi) is 7.21. The van der Waals surface area contributed by atoms with E-state index in [-0.39, 0.29) is 16.8 Å². The van der Waals surface area contributed by atoms with Crippen LogP contribution in [0.25, 0.3) is 11.0 Å². The molecule has 1 aliphatic heterocycles. The topological polar surface area (TPSA) is 94.8 Å². The lowest BCUT2D eigenvalue weighted by molar-refractivity contribution is 0.0970. The van der Waals surface area contributed by atoms with Crippen molar-refractivity contribution in [2.24, 2.45) is 0 Å². The molecular formula is C29H31N3O5S. The summed E-state index contributed by atoms with van der Waals surface area (Å²) in [6.45, 7) is 8.61. The zero-order valence-corrected chi connectivity index (χ0v) is 23.1. The molecule has 0 spiro atoms. The minimum absolute atomic E-state index is 0.0304. The second-order valence-electron chi connectivity index (χ2n) is 9.48. The molecule has 0 bridgehead atoms. The van der Waals surface area contributed by atoms with Crippen molar-refractivity contribution >= 4 is 33.3 Å². The zero-order valence-electron chi connectivity index (χ0n) is 22.3. The number of aryl methyl sites for hydroxylation is 3. The number of anilines is 1. The van der Waals surface area contributed by atoms with E-state index in [2.05, 4.69) is 17.1 Å². The first-order valence-corrected chi connectivity index (χ1v) is 13.7. The Hall–Kier alpha value is -3.72.